The van der Waals surface area contributed by atoms with Crippen LogP contribution in [-0.2, 0) is 0 Å². The highest BCUT2D eigenvalue weighted by Gasteiger charge is 2.05. The smallest absolute Gasteiger partial charge is 0.0206 e. The predicted molar refractivity (Wildman–Crippen MR) is 57.3 cm³/mol. The van der Waals surface area contributed by atoms with E-state index in [2.05, 4.69) is 40.3 Å². The Balaban J connectivity index is 4.19. The van der Waals surface area contributed by atoms with Gasteiger partial charge in [-0.25, -0.2) is 0 Å². The number of hydrogen-bond acceptors (Lipinski definition) is 0. The molecule has 0 amide bonds. The third-order valence-corrected chi connectivity index (χ3v) is 2.25. The van der Waals surface area contributed by atoms with Crippen LogP contribution >= 0.6 is 0 Å². The fourth-order valence-electron chi connectivity index (χ4n) is 1.61. The van der Waals surface area contributed by atoms with Crippen LogP contribution in [0.15, 0.2) is 23.8 Å². The quantitative estimate of drug-likeness (QED) is 0.533. The van der Waals surface area contributed by atoms with Crippen LogP contribution in [0.5, 0.6) is 0 Å². The van der Waals surface area contributed by atoms with Gasteiger partial charge in [0.2, 0.25) is 0 Å². The summed E-state index contributed by atoms with van der Waals surface area (Å²) in [5.74, 6) is 0.770. The van der Waals surface area contributed by atoms with E-state index in [0.29, 0.717) is 0 Å². The fraction of sp³-hybridized carbons (Fsp3) is 0.667. The zero-order valence-electron chi connectivity index (χ0n) is 8.98. The summed E-state index contributed by atoms with van der Waals surface area (Å²) < 4.78 is 0. The van der Waals surface area contributed by atoms with E-state index >= 15 is 0 Å². The summed E-state index contributed by atoms with van der Waals surface area (Å²) in [5.41, 5.74) is 2.66. The van der Waals surface area contributed by atoms with Crippen molar-refractivity contribution in [3.63, 3.8) is 0 Å². The summed E-state index contributed by atoms with van der Waals surface area (Å²) in [6, 6.07) is 0. The summed E-state index contributed by atoms with van der Waals surface area (Å²) in [5, 5.41) is 0. The van der Waals surface area contributed by atoms with Crippen LogP contribution in [-0.4, -0.2) is 0 Å². The van der Waals surface area contributed by atoms with Crippen LogP contribution in [0.1, 0.15) is 47.0 Å². The maximum Gasteiger partial charge on any atom is -0.0206 e. The molecule has 0 spiro atoms. The second kappa shape index (κ2) is 6.05. The Hall–Kier alpha value is -0.520. The normalized spacial score (nSPS) is 14.5. The van der Waals surface area contributed by atoms with Gasteiger partial charge in [0.15, 0.2) is 0 Å². The van der Waals surface area contributed by atoms with Gasteiger partial charge in [-0.05, 0) is 32.6 Å². The molecule has 0 aromatic rings. The minimum atomic E-state index is 0.770. The minimum absolute atomic E-state index is 0.770. The van der Waals surface area contributed by atoms with Gasteiger partial charge < -0.3 is 0 Å². The first-order valence-electron chi connectivity index (χ1n) is 4.95. The summed E-state index contributed by atoms with van der Waals surface area (Å²) in [7, 11) is 0. The van der Waals surface area contributed by atoms with Crippen molar-refractivity contribution in [2.45, 2.75) is 47.0 Å². The monoisotopic (exact) mass is 166 g/mol. The Kier molecular flexibility index (Phi) is 5.79. The molecule has 0 fully saturated rings. The van der Waals surface area contributed by atoms with Crippen LogP contribution < -0.4 is 0 Å². The zero-order valence-corrected chi connectivity index (χ0v) is 8.98. The molecule has 0 rings (SSSR count). The first-order chi connectivity index (χ1) is 5.61. The molecular formula is C12H22. The van der Waals surface area contributed by atoms with Gasteiger partial charge in [-0.2, -0.15) is 0 Å². The first-order valence-corrected chi connectivity index (χ1v) is 4.95. The third kappa shape index (κ3) is 4.38. The zero-order chi connectivity index (χ0) is 9.56. The highest BCUT2D eigenvalue weighted by Crippen LogP contribution is 2.21. The van der Waals surface area contributed by atoms with Gasteiger partial charge in [-0.3, -0.25) is 0 Å². The minimum Gasteiger partial charge on any atom is -0.0961 e. The van der Waals surface area contributed by atoms with Gasteiger partial charge >= 0.3 is 0 Å². The molecule has 1 unspecified atom stereocenters. The standard InChI is InChI=1S/C12H22/c1-6-8-12(7-2)11(5)9-10(3)4/h9,12H,3,6-8H2,1-2,4-5H3/b11-9+. The third-order valence-electron chi connectivity index (χ3n) is 2.25. The largest absolute Gasteiger partial charge is 0.0961 e. The van der Waals surface area contributed by atoms with Gasteiger partial charge in [0.25, 0.3) is 0 Å². The molecule has 0 heterocycles. The van der Waals surface area contributed by atoms with Crippen molar-refractivity contribution in [1.82, 2.24) is 0 Å². The van der Waals surface area contributed by atoms with Crippen LogP contribution in [0.25, 0.3) is 0 Å². The van der Waals surface area contributed by atoms with Gasteiger partial charge in [0.05, 0.1) is 0 Å². The fourth-order valence-corrected chi connectivity index (χ4v) is 1.61. The molecule has 0 aliphatic heterocycles. The Morgan fingerprint density at radius 3 is 2.25 bits per heavy atom. The van der Waals surface area contributed by atoms with Crippen LogP contribution in [0.2, 0.25) is 0 Å². The highest BCUT2D eigenvalue weighted by atomic mass is 14.1. The molecule has 1 atom stereocenters. The molecule has 12 heavy (non-hydrogen) atoms. The second-order valence-corrected chi connectivity index (χ2v) is 3.63. The topological polar surface area (TPSA) is 0 Å². The van der Waals surface area contributed by atoms with Crippen molar-refractivity contribution in [2.75, 3.05) is 0 Å². The van der Waals surface area contributed by atoms with E-state index in [1.807, 2.05) is 0 Å². The van der Waals surface area contributed by atoms with E-state index in [1.165, 1.54) is 30.4 Å². The molecule has 70 valence electrons. The Morgan fingerprint density at radius 1 is 1.33 bits per heavy atom. The van der Waals surface area contributed by atoms with E-state index in [-0.39, 0.29) is 0 Å². The average molecular weight is 166 g/mol. The summed E-state index contributed by atoms with van der Waals surface area (Å²) in [4.78, 5) is 0. The Labute approximate surface area is 77.4 Å². The van der Waals surface area contributed by atoms with Crippen molar-refractivity contribution in [1.29, 1.82) is 0 Å². The number of hydrogen-bond donors (Lipinski definition) is 0. The SMILES string of the molecule is C=C(C)/C=C(\C)C(CC)CCC. The molecule has 0 aliphatic carbocycles. The number of allylic oxidation sites excluding steroid dienone is 3. The molecular weight excluding hydrogens is 144 g/mol. The number of rotatable bonds is 5. The molecule has 0 aliphatic rings. The lowest BCUT2D eigenvalue weighted by molar-refractivity contribution is 0.534. The van der Waals surface area contributed by atoms with E-state index in [0.717, 1.165) is 5.92 Å². The predicted octanol–water partition coefficient (Wildman–Crippen LogP) is 4.34. The first kappa shape index (κ1) is 11.5. The van der Waals surface area contributed by atoms with Crippen molar-refractivity contribution in [2.24, 2.45) is 5.92 Å². The van der Waals surface area contributed by atoms with Gasteiger partial charge in [0, 0.05) is 0 Å². The van der Waals surface area contributed by atoms with Gasteiger partial charge in [0.1, 0.15) is 0 Å². The molecule has 0 radical (unpaired) electrons. The Morgan fingerprint density at radius 2 is 1.92 bits per heavy atom. The van der Waals surface area contributed by atoms with Crippen LogP contribution in [0, 0.1) is 5.92 Å². The average Bonchev–Trinajstić information content (AvgIpc) is 1.98. The lowest BCUT2D eigenvalue weighted by atomic mass is 9.92. The van der Waals surface area contributed by atoms with Crippen molar-refractivity contribution >= 4 is 0 Å². The van der Waals surface area contributed by atoms with E-state index in [1.54, 1.807) is 0 Å². The van der Waals surface area contributed by atoms with E-state index < -0.39 is 0 Å². The molecule has 0 heteroatoms. The van der Waals surface area contributed by atoms with Crippen molar-refractivity contribution in [3.8, 4) is 0 Å². The molecule has 0 saturated carbocycles. The van der Waals surface area contributed by atoms with Crippen molar-refractivity contribution in [3.05, 3.63) is 23.8 Å². The lowest BCUT2D eigenvalue weighted by Gasteiger charge is -2.14. The lowest BCUT2D eigenvalue weighted by Crippen LogP contribution is -1.99. The second-order valence-electron chi connectivity index (χ2n) is 3.63. The summed E-state index contributed by atoms with van der Waals surface area (Å²) in [6.45, 7) is 12.7. The molecule has 0 aromatic carbocycles. The van der Waals surface area contributed by atoms with Crippen LogP contribution in [0.4, 0.5) is 0 Å². The van der Waals surface area contributed by atoms with Gasteiger partial charge in [-0.1, -0.05) is 44.1 Å². The summed E-state index contributed by atoms with van der Waals surface area (Å²) in [6.07, 6.45) is 6.05. The van der Waals surface area contributed by atoms with Crippen molar-refractivity contribution < 1.29 is 0 Å². The van der Waals surface area contributed by atoms with E-state index in [4.69, 9.17) is 0 Å². The molecule has 0 bridgehead atoms. The Bertz CT molecular complexity index is 163. The highest BCUT2D eigenvalue weighted by molar-refractivity contribution is 5.18. The van der Waals surface area contributed by atoms with Crippen LogP contribution in [0.3, 0.4) is 0 Å². The molecule has 0 aromatic heterocycles. The maximum absolute atomic E-state index is 3.90. The van der Waals surface area contributed by atoms with Gasteiger partial charge in [-0.15, -0.1) is 0 Å². The molecule has 0 saturated heterocycles. The molecule has 0 nitrogen and oxygen atoms in total. The maximum atomic E-state index is 3.90. The summed E-state index contributed by atoms with van der Waals surface area (Å²) >= 11 is 0. The van der Waals surface area contributed by atoms with E-state index in [9.17, 15) is 0 Å². The molecule has 0 N–H and O–H groups in total.